The Morgan fingerprint density at radius 3 is 2.38 bits per heavy atom. The van der Waals surface area contributed by atoms with Gasteiger partial charge in [-0.05, 0) is 24.1 Å². The van der Waals surface area contributed by atoms with Gasteiger partial charge in [0, 0.05) is 6.42 Å². The fourth-order valence-electron chi connectivity index (χ4n) is 0.979. The molecule has 0 heterocycles. The standard InChI is InChI=1S/C9H8F4/c10-8-3-1-2-7(6-8)4-5-9(11,12)13/h1-3,6H,4-5H2. The van der Waals surface area contributed by atoms with Crippen LogP contribution in [0.5, 0.6) is 0 Å². The molecule has 0 fully saturated rings. The van der Waals surface area contributed by atoms with Crippen molar-refractivity contribution in [2.24, 2.45) is 0 Å². The van der Waals surface area contributed by atoms with Crippen molar-refractivity contribution in [3.05, 3.63) is 35.6 Å². The van der Waals surface area contributed by atoms with Crippen LogP contribution < -0.4 is 0 Å². The van der Waals surface area contributed by atoms with Crippen LogP contribution >= 0.6 is 0 Å². The monoisotopic (exact) mass is 192 g/mol. The lowest BCUT2D eigenvalue weighted by Crippen LogP contribution is -2.08. The Balaban J connectivity index is 2.55. The molecular formula is C9H8F4. The van der Waals surface area contributed by atoms with Gasteiger partial charge in [-0.2, -0.15) is 13.2 Å². The van der Waals surface area contributed by atoms with Gasteiger partial charge < -0.3 is 0 Å². The van der Waals surface area contributed by atoms with Crippen molar-refractivity contribution in [1.82, 2.24) is 0 Å². The molecule has 0 saturated carbocycles. The number of halogens is 4. The van der Waals surface area contributed by atoms with Crippen LogP contribution in [0.3, 0.4) is 0 Å². The Morgan fingerprint density at radius 1 is 1.15 bits per heavy atom. The second kappa shape index (κ2) is 3.77. The normalized spacial score (nSPS) is 11.7. The third-order valence-electron chi connectivity index (χ3n) is 1.59. The van der Waals surface area contributed by atoms with E-state index in [4.69, 9.17) is 0 Å². The average molecular weight is 192 g/mol. The summed E-state index contributed by atoms with van der Waals surface area (Å²) in [6.07, 6.45) is -5.25. The molecule has 0 nitrogen and oxygen atoms in total. The average Bonchev–Trinajstić information content (AvgIpc) is 2.00. The molecule has 13 heavy (non-hydrogen) atoms. The maximum absolute atomic E-state index is 12.5. The molecule has 0 saturated heterocycles. The van der Waals surface area contributed by atoms with E-state index >= 15 is 0 Å². The van der Waals surface area contributed by atoms with Gasteiger partial charge in [0.15, 0.2) is 0 Å². The van der Waals surface area contributed by atoms with Crippen molar-refractivity contribution in [2.75, 3.05) is 0 Å². The molecule has 0 radical (unpaired) electrons. The van der Waals surface area contributed by atoms with Crippen molar-refractivity contribution in [1.29, 1.82) is 0 Å². The quantitative estimate of drug-likeness (QED) is 0.630. The zero-order valence-corrected chi connectivity index (χ0v) is 6.74. The third-order valence-corrected chi connectivity index (χ3v) is 1.59. The van der Waals surface area contributed by atoms with E-state index in [9.17, 15) is 17.6 Å². The van der Waals surface area contributed by atoms with E-state index in [0.717, 1.165) is 6.07 Å². The first-order valence-corrected chi connectivity index (χ1v) is 3.78. The molecule has 0 aliphatic carbocycles. The van der Waals surface area contributed by atoms with Crippen LogP contribution in [-0.4, -0.2) is 6.18 Å². The van der Waals surface area contributed by atoms with Crippen LogP contribution in [0, 0.1) is 5.82 Å². The highest BCUT2D eigenvalue weighted by molar-refractivity contribution is 5.16. The summed E-state index contributed by atoms with van der Waals surface area (Å²) < 4.78 is 47.8. The summed E-state index contributed by atoms with van der Waals surface area (Å²) in [5, 5.41) is 0. The van der Waals surface area contributed by atoms with Gasteiger partial charge in [-0.3, -0.25) is 0 Å². The molecule has 0 unspecified atom stereocenters. The molecule has 4 heteroatoms. The van der Waals surface area contributed by atoms with Crippen LogP contribution in [0.2, 0.25) is 0 Å². The molecule has 0 amide bonds. The number of alkyl halides is 3. The van der Waals surface area contributed by atoms with Gasteiger partial charge in [0.05, 0.1) is 0 Å². The number of aryl methyl sites for hydroxylation is 1. The topological polar surface area (TPSA) is 0 Å². The van der Waals surface area contributed by atoms with Crippen molar-refractivity contribution in [2.45, 2.75) is 19.0 Å². The van der Waals surface area contributed by atoms with Crippen molar-refractivity contribution < 1.29 is 17.6 Å². The zero-order chi connectivity index (χ0) is 9.90. The maximum atomic E-state index is 12.5. The lowest BCUT2D eigenvalue weighted by Gasteiger charge is -2.05. The molecular weight excluding hydrogens is 184 g/mol. The summed E-state index contributed by atoms with van der Waals surface area (Å²) >= 11 is 0. The number of benzene rings is 1. The summed E-state index contributed by atoms with van der Waals surface area (Å²) in [6.45, 7) is 0. The minimum Gasteiger partial charge on any atom is -0.207 e. The molecule has 0 aliphatic rings. The summed E-state index contributed by atoms with van der Waals surface area (Å²) in [7, 11) is 0. The molecule has 72 valence electrons. The number of rotatable bonds is 2. The fraction of sp³-hybridized carbons (Fsp3) is 0.333. The van der Waals surface area contributed by atoms with Crippen LogP contribution in [-0.2, 0) is 6.42 Å². The minimum atomic E-state index is -4.17. The maximum Gasteiger partial charge on any atom is 0.389 e. The molecule has 0 bridgehead atoms. The van der Waals surface area contributed by atoms with Gasteiger partial charge in [0.2, 0.25) is 0 Å². The van der Waals surface area contributed by atoms with Crippen molar-refractivity contribution in [3.8, 4) is 0 Å². The first-order valence-electron chi connectivity index (χ1n) is 3.78. The lowest BCUT2D eigenvalue weighted by molar-refractivity contribution is -0.134. The Kier molecular flexibility index (Phi) is 2.90. The van der Waals surface area contributed by atoms with Gasteiger partial charge in [-0.1, -0.05) is 12.1 Å². The van der Waals surface area contributed by atoms with E-state index in [0.29, 0.717) is 5.56 Å². The first kappa shape index (κ1) is 10.0. The zero-order valence-electron chi connectivity index (χ0n) is 6.74. The third kappa shape index (κ3) is 3.92. The van der Waals surface area contributed by atoms with Gasteiger partial charge in [0.25, 0.3) is 0 Å². The largest absolute Gasteiger partial charge is 0.389 e. The smallest absolute Gasteiger partial charge is 0.207 e. The van der Waals surface area contributed by atoms with E-state index < -0.39 is 18.4 Å². The fourth-order valence-corrected chi connectivity index (χ4v) is 0.979. The van der Waals surface area contributed by atoms with Crippen LogP contribution in [0.1, 0.15) is 12.0 Å². The highest BCUT2D eigenvalue weighted by atomic mass is 19.4. The highest BCUT2D eigenvalue weighted by Crippen LogP contribution is 2.22. The molecule has 0 spiro atoms. The Hall–Kier alpha value is -1.06. The van der Waals surface area contributed by atoms with E-state index in [-0.39, 0.29) is 6.42 Å². The molecule has 0 N–H and O–H groups in total. The van der Waals surface area contributed by atoms with Crippen LogP contribution in [0.15, 0.2) is 24.3 Å². The lowest BCUT2D eigenvalue weighted by atomic mass is 10.1. The van der Waals surface area contributed by atoms with Gasteiger partial charge in [-0.25, -0.2) is 4.39 Å². The molecule has 1 aromatic rings. The SMILES string of the molecule is Fc1cccc(CCC(F)(F)F)c1. The Labute approximate surface area is 73.2 Å². The predicted octanol–water partition coefficient (Wildman–Crippen LogP) is 3.32. The van der Waals surface area contributed by atoms with Gasteiger partial charge in [0.1, 0.15) is 5.82 Å². The second-order valence-corrected chi connectivity index (χ2v) is 2.75. The molecule has 1 rings (SSSR count). The number of hydrogen-bond donors (Lipinski definition) is 0. The molecule has 0 aliphatic heterocycles. The van der Waals surface area contributed by atoms with Crippen LogP contribution in [0.25, 0.3) is 0 Å². The molecule has 1 aromatic carbocycles. The number of hydrogen-bond acceptors (Lipinski definition) is 0. The van der Waals surface area contributed by atoms with Crippen LogP contribution in [0.4, 0.5) is 17.6 Å². The Morgan fingerprint density at radius 2 is 1.85 bits per heavy atom. The van der Waals surface area contributed by atoms with Gasteiger partial charge >= 0.3 is 6.18 Å². The van der Waals surface area contributed by atoms with E-state index in [2.05, 4.69) is 0 Å². The van der Waals surface area contributed by atoms with Crippen molar-refractivity contribution in [3.63, 3.8) is 0 Å². The molecule has 0 aromatic heterocycles. The summed E-state index contributed by atoms with van der Waals surface area (Å²) in [4.78, 5) is 0. The van der Waals surface area contributed by atoms with Gasteiger partial charge in [-0.15, -0.1) is 0 Å². The van der Waals surface area contributed by atoms with E-state index in [1.165, 1.54) is 18.2 Å². The predicted molar refractivity (Wildman–Crippen MR) is 40.8 cm³/mol. The summed E-state index contributed by atoms with van der Waals surface area (Å²) in [6, 6.07) is 5.21. The molecule has 0 atom stereocenters. The highest BCUT2D eigenvalue weighted by Gasteiger charge is 2.26. The second-order valence-electron chi connectivity index (χ2n) is 2.75. The Bertz CT molecular complexity index is 277. The van der Waals surface area contributed by atoms with Crippen molar-refractivity contribution >= 4 is 0 Å². The summed E-state index contributed by atoms with van der Waals surface area (Å²) in [5.74, 6) is -0.500. The van der Waals surface area contributed by atoms with E-state index in [1.54, 1.807) is 0 Å². The first-order chi connectivity index (χ1) is 5.97. The summed E-state index contributed by atoms with van der Waals surface area (Å²) in [5.41, 5.74) is 0.373. The van der Waals surface area contributed by atoms with E-state index in [1.807, 2.05) is 0 Å². The minimum absolute atomic E-state index is 0.165.